The van der Waals surface area contributed by atoms with Crippen molar-refractivity contribution in [3.05, 3.63) is 12.2 Å². The van der Waals surface area contributed by atoms with Gasteiger partial charge in [-0.05, 0) is 33.6 Å². The third kappa shape index (κ3) is 4.39. The van der Waals surface area contributed by atoms with Gasteiger partial charge in [0.1, 0.15) is 5.60 Å². The standard InChI is InChI=1S/C13H21NO4/c1-13(2,3)18-12(16)14-10-8-6-5-7-9(10)11(15)17-4/h5-6,9-10H,7-8H2,1-4H3,(H,14,16)/t9-,10+/m1/s1. The zero-order valence-electron chi connectivity index (χ0n) is 11.4. The highest BCUT2D eigenvalue weighted by Gasteiger charge is 2.31. The number of methoxy groups -OCH3 is 1. The molecule has 0 bridgehead atoms. The summed E-state index contributed by atoms with van der Waals surface area (Å²) in [5, 5.41) is 2.73. The second-order valence-electron chi connectivity index (χ2n) is 5.33. The van der Waals surface area contributed by atoms with Crippen molar-refractivity contribution in [1.29, 1.82) is 0 Å². The van der Waals surface area contributed by atoms with Crippen LogP contribution in [0, 0.1) is 5.92 Å². The molecule has 1 rings (SSSR count). The summed E-state index contributed by atoms with van der Waals surface area (Å²) in [7, 11) is 1.35. The minimum atomic E-state index is -0.546. The number of hydrogen-bond donors (Lipinski definition) is 1. The van der Waals surface area contributed by atoms with Crippen molar-refractivity contribution in [3.63, 3.8) is 0 Å². The van der Waals surface area contributed by atoms with Gasteiger partial charge in [-0.3, -0.25) is 4.79 Å². The molecule has 5 heteroatoms. The number of nitrogens with one attached hydrogen (secondary N) is 1. The van der Waals surface area contributed by atoms with E-state index in [0.717, 1.165) is 0 Å². The third-order valence-electron chi connectivity index (χ3n) is 2.64. The molecule has 1 amide bonds. The molecule has 1 aliphatic carbocycles. The normalized spacial score (nSPS) is 23.3. The van der Waals surface area contributed by atoms with E-state index in [1.54, 1.807) is 20.8 Å². The average molecular weight is 255 g/mol. The van der Waals surface area contributed by atoms with Crippen LogP contribution in [0.1, 0.15) is 33.6 Å². The van der Waals surface area contributed by atoms with Gasteiger partial charge in [-0.1, -0.05) is 12.2 Å². The Labute approximate surface area is 108 Å². The second-order valence-corrected chi connectivity index (χ2v) is 5.33. The number of hydrogen-bond acceptors (Lipinski definition) is 4. The quantitative estimate of drug-likeness (QED) is 0.605. The maximum Gasteiger partial charge on any atom is 0.407 e. The van der Waals surface area contributed by atoms with Crippen molar-refractivity contribution in [2.45, 2.75) is 45.3 Å². The van der Waals surface area contributed by atoms with E-state index in [1.165, 1.54) is 7.11 Å². The Kier molecular flexibility index (Phi) is 4.76. The molecule has 0 fully saturated rings. The molecule has 1 aliphatic rings. The van der Waals surface area contributed by atoms with E-state index in [9.17, 15) is 9.59 Å². The molecule has 2 atom stereocenters. The number of carbonyl (C=O) groups excluding carboxylic acids is 2. The lowest BCUT2D eigenvalue weighted by Crippen LogP contribution is -2.46. The summed E-state index contributed by atoms with van der Waals surface area (Å²) in [6, 6.07) is -0.266. The Hall–Kier alpha value is -1.52. The van der Waals surface area contributed by atoms with Crippen LogP contribution in [0.15, 0.2) is 12.2 Å². The van der Waals surface area contributed by atoms with Gasteiger partial charge in [0.2, 0.25) is 0 Å². The molecule has 18 heavy (non-hydrogen) atoms. The number of amides is 1. The first-order valence-electron chi connectivity index (χ1n) is 6.06. The first kappa shape index (κ1) is 14.5. The molecule has 1 N–H and O–H groups in total. The van der Waals surface area contributed by atoms with E-state index in [4.69, 9.17) is 9.47 Å². The fourth-order valence-electron chi connectivity index (χ4n) is 1.84. The maximum atomic E-state index is 11.7. The van der Waals surface area contributed by atoms with Gasteiger partial charge in [0.05, 0.1) is 13.0 Å². The predicted octanol–water partition coefficient (Wildman–Crippen LogP) is 2.02. The van der Waals surface area contributed by atoms with Gasteiger partial charge >= 0.3 is 12.1 Å². The summed E-state index contributed by atoms with van der Waals surface area (Å²) in [6.07, 6.45) is 4.55. The zero-order valence-corrected chi connectivity index (χ0v) is 11.4. The van der Waals surface area contributed by atoms with Crippen LogP contribution in [-0.4, -0.2) is 30.8 Å². The van der Waals surface area contributed by atoms with Crippen LogP contribution in [0.5, 0.6) is 0 Å². The van der Waals surface area contributed by atoms with Crippen LogP contribution >= 0.6 is 0 Å². The first-order valence-corrected chi connectivity index (χ1v) is 6.06. The van der Waals surface area contributed by atoms with Gasteiger partial charge in [-0.2, -0.15) is 0 Å². The van der Waals surface area contributed by atoms with E-state index in [2.05, 4.69) is 5.32 Å². The van der Waals surface area contributed by atoms with Gasteiger partial charge < -0.3 is 14.8 Å². The number of carbonyl (C=O) groups is 2. The minimum absolute atomic E-state index is 0.266. The molecule has 0 heterocycles. The number of ether oxygens (including phenoxy) is 2. The van der Waals surface area contributed by atoms with Crippen LogP contribution in [0.4, 0.5) is 4.79 Å². The predicted molar refractivity (Wildman–Crippen MR) is 67.0 cm³/mol. The van der Waals surface area contributed by atoms with Crippen LogP contribution in [0.2, 0.25) is 0 Å². The second kappa shape index (κ2) is 5.89. The number of alkyl carbamates (subject to hydrolysis) is 1. The lowest BCUT2D eigenvalue weighted by atomic mass is 9.89. The van der Waals surface area contributed by atoms with Crippen LogP contribution in [0.25, 0.3) is 0 Å². The fraction of sp³-hybridized carbons (Fsp3) is 0.692. The first-order chi connectivity index (χ1) is 8.33. The molecule has 0 radical (unpaired) electrons. The van der Waals surface area contributed by atoms with Crippen molar-refractivity contribution in [2.75, 3.05) is 7.11 Å². The molecule has 5 nitrogen and oxygen atoms in total. The molecule has 102 valence electrons. The maximum absolute atomic E-state index is 11.7. The van der Waals surface area contributed by atoms with E-state index in [1.807, 2.05) is 12.2 Å². The molecule has 0 aromatic heterocycles. The number of allylic oxidation sites excluding steroid dienone is 1. The Morgan fingerprint density at radius 2 is 1.83 bits per heavy atom. The van der Waals surface area contributed by atoms with E-state index in [0.29, 0.717) is 12.8 Å². The molecule has 0 unspecified atom stereocenters. The van der Waals surface area contributed by atoms with E-state index in [-0.39, 0.29) is 17.9 Å². The summed E-state index contributed by atoms with van der Waals surface area (Å²) < 4.78 is 9.91. The van der Waals surface area contributed by atoms with Gasteiger partial charge in [0.15, 0.2) is 0 Å². The highest BCUT2D eigenvalue weighted by Crippen LogP contribution is 2.21. The lowest BCUT2D eigenvalue weighted by molar-refractivity contribution is -0.146. The minimum Gasteiger partial charge on any atom is -0.469 e. The van der Waals surface area contributed by atoms with Gasteiger partial charge in [0, 0.05) is 6.04 Å². The SMILES string of the molecule is COC(=O)[C@@H]1CC=CC[C@@H]1NC(=O)OC(C)(C)C. The van der Waals surface area contributed by atoms with Crippen molar-refractivity contribution >= 4 is 12.1 Å². The number of esters is 1. The Balaban J connectivity index is 2.61. The fourth-order valence-corrected chi connectivity index (χ4v) is 1.84. The third-order valence-corrected chi connectivity index (χ3v) is 2.64. The van der Waals surface area contributed by atoms with Crippen molar-refractivity contribution in [1.82, 2.24) is 5.32 Å². The Morgan fingerprint density at radius 1 is 1.22 bits per heavy atom. The van der Waals surface area contributed by atoms with Crippen LogP contribution in [0.3, 0.4) is 0 Å². The van der Waals surface area contributed by atoms with Gasteiger partial charge in [-0.15, -0.1) is 0 Å². The van der Waals surface area contributed by atoms with Gasteiger partial charge in [0.25, 0.3) is 0 Å². The molecule has 0 aliphatic heterocycles. The molecule has 0 spiro atoms. The average Bonchev–Trinajstić information content (AvgIpc) is 2.26. The highest BCUT2D eigenvalue weighted by atomic mass is 16.6. The van der Waals surface area contributed by atoms with Crippen molar-refractivity contribution in [3.8, 4) is 0 Å². The smallest absolute Gasteiger partial charge is 0.407 e. The van der Waals surface area contributed by atoms with E-state index < -0.39 is 11.7 Å². The van der Waals surface area contributed by atoms with Crippen LogP contribution < -0.4 is 5.32 Å². The molecule has 0 saturated heterocycles. The zero-order chi connectivity index (χ0) is 13.8. The summed E-state index contributed by atoms with van der Waals surface area (Å²) in [5.41, 5.74) is -0.546. The molecular weight excluding hydrogens is 234 g/mol. The highest BCUT2D eigenvalue weighted by molar-refractivity contribution is 5.75. The molecule has 0 aromatic carbocycles. The Morgan fingerprint density at radius 3 is 2.39 bits per heavy atom. The molecule has 0 aromatic rings. The van der Waals surface area contributed by atoms with Crippen LogP contribution in [-0.2, 0) is 14.3 Å². The monoisotopic (exact) mass is 255 g/mol. The summed E-state index contributed by atoms with van der Waals surface area (Å²) in [4.78, 5) is 23.3. The molecule has 0 saturated carbocycles. The lowest BCUT2D eigenvalue weighted by Gasteiger charge is -2.28. The summed E-state index contributed by atoms with van der Waals surface area (Å²) in [6.45, 7) is 5.39. The van der Waals surface area contributed by atoms with E-state index >= 15 is 0 Å². The summed E-state index contributed by atoms with van der Waals surface area (Å²) in [5.74, 6) is -0.645. The Bertz CT molecular complexity index is 343. The molecular formula is C13H21NO4. The largest absolute Gasteiger partial charge is 0.469 e. The topological polar surface area (TPSA) is 64.6 Å². The summed E-state index contributed by atoms with van der Waals surface area (Å²) >= 11 is 0. The van der Waals surface area contributed by atoms with Crippen molar-refractivity contribution in [2.24, 2.45) is 5.92 Å². The van der Waals surface area contributed by atoms with Gasteiger partial charge in [-0.25, -0.2) is 4.79 Å². The number of rotatable bonds is 2. The van der Waals surface area contributed by atoms with Crippen molar-refractivity contribution < 1.29 is 19.1 Å².